The molecule has 0 saturated carbocycles. The Morgan fingerprint density at radius 2 is 1.97 bits per heavy atom. The maximum Gasteiger partial charge on any atom is 0.248 e. The Balaban J connectivity index is 1.58. The van der Waals surface area contributed by atoms with E-state index in [1.165, 1.54) is 12.4 Å². The van der Waals surface area contributed by atoms with Gasteiger partial charge in [0, 0.05) is 34.7 Å². The number of carbonyl (C=O) groups is 1. The molecule has 0 aliphatic heterocycles. The number of nitrogens with one attached hydrogen (secondary N) is 2. The highest BCUT2D eigenvalue weighted by atomic mass is 79.9. The van der Waals surface area contributed by atoms with Crippen LogP contribution in [0.5, 0.6) is 11.5 Å². The number of nitrogens with zero attached hydrogens (tertiary/aromatic N) is 3. The van der Waals surface area contributed by atoms with E-state index < -0.39 is 0 Å². The first-order chi connectivity index (χ1) is 17.6. The Hall–Kier alpha value is -3.69. The van der Waals surface area contributed by atoms with Crippen molar-refractivity contribution in [3.63, 3.8) is 0 Å². The number of rotatable bonds is 10. The molecule has 2 N–H and O–H groups in total. The van der Waals surface area contributed by atoms with Crippen LogP contribution in [0.3, 0.4) is 0 Å². The van der Waals surface area contributed by atoms with E-state index in [1.54, 1.807) is 36.5 Å². The maximum atomic E-state index is 12.3. The predicted molar refractivity (Wildman–Crippen MR) is 146 cm³/mol. The summed E-state index contributed by atoms with van der Waals surface area (Å²) in [5, 5.41) is 7.86. The number of fused-ring (bicyclic) bond motifs is 1. The van der Waals surface area contributed by atoms with Gasteiger partial charge in [-0.1, -0.05) is 39.7 Å². The Kier molecular flexibility index (Phi) is 8.70. The van der Waals surface area contributed by atoms with Gasteiger partial charge < -0.3 is 20.1 Å². The van der Waals surface area contributed by atoms with E-state index in [9.17, 15) is 4.79 Å². The normalized spacial score (nSPS) is 11.0. The molecular weight excluding hydrogens is 546 g/mol. The van der Waals surface area contributed by atoms with Crippen LogP contribution in [0.2, 0.25) is 5.02 Å². The molecule has 0 spiro atoms. The molecule has 2 aromatic heterocycles. The highest BCUT2D eigenvalue weighted by molar-refractivity contribution is 9.09. The van der Waals surface area contributed by atoms with Gasteiger partial charge in [0.05, 0.1) is 28.5 Å². The van der Waals surface area contributed by atoms with E-state index in [0.29, 0.717) is 63.2 Å². The van der Waals surface area contributed by atoms with Gasteiger partial charge in [0.1, 0.15) is 30.3 Å². The van der Waals surface area contributed by atoms with Crippen molar-refractivity contribution in [1.82, 2.24) is 15.0 Å². The van der Waals surface area contributed by atoms with Gasteiger partial charge in [0.25, 0.3) is 0 Å². The second-order valence-electron chi connectivity index (χ2n) is 7.45. The van der Waals surface area contributed by atoms with E-state index in [2.05, 4.69) is 41.5 Å². The molecule has 8 nitrogen and oxygen atoms in total. The number of ether oxygens (including phenoxy) is 2. The van der Waals surface area contributed by atoms with Crippen molar-refractivity contribution in [2.75, 3.05) is 22.6 Å². The summed E-state index contributed by atoms with van der Waals surface area (Å²) in [6.07, 6.45) is 6.34. The molecule has 0 aliphatic carbocycles. The minimum atomic E-state index is -0.269. The summed E-state index contributed by atoms with van der Waals surface area (Å²) >= 11 is 9.74. The molecule has 2 heterocycles. The van der Waals surface area contributed by atoms with Crippen LogP contribution in [-0.4, -0.2) is 32.8 Å². The topological polar surface area (TPSA) is 98.3 Å². The van der Waals surface area contributed by atoms with Crippen molar-refractivity contribution in [2.45, 2.75) is 13.5 Å². The Morgan fingerprint density at radius 1 is 1.08 bits per heavy atom. The summed E-state index contributed by atoms with van der Waals surface area (Å²) in [6.45, 7) is 2.63. The summed E-state index contributed by atoms with van der Waals surface area (Å²) in [5.41, 5.74) is 2.69. The molecule has 0 atom stereocenters. The maximum absolute atomic E-state index is 12.3. The fraction of sp³-hybridized carbons (Fsp3) is 0.154. The van der Waals surface area contributed by atoms with Gasteiger partial charge in [-0.15, -0.1) is 0 Å². The zero-order chi connectivity index (χ0) is 25.3. The lowest BCUT2D eigenvalue weighted by atomic mass is 10.1. The Labute approximate surface area is 221 Å². The molecule has 2 aromatic carbocycles. The molecule has 4 aromatic rings. The first-order valence-electron chi connectivity index (χ1n) is 11.1. The average molecular weight is 569 g/mol. The third kappa shape index (κ3) is 6.50. The number of benzene rings is 2. The van der Waals surface area contributed by atoms with Crippen LogP contribution in [0.15, 0.2) is 73.2 Å². The third-order valence-electron chi connectivity index (χ3n) is 4.95. The number of pyridine rings is 1. The van der Waals surface area contributed by atoms with Crippen molar-refractivity contribution in [3.8, 4) is 11.5 Å². The number of anilines is 3. The Bertz CT molecular complexity index is 1390. The zero-order valence-electron chi connectivity index (χ0n) is 19.4. The second kappa shape index (κ2) is 12.3. The minimum absolute atomic E-state index is 0.269. The van der Waals surface area contributed by atoms with E-state index >= 15 is 0 Å². The van der Waals surface area contributed by atoms with Gasteiger partial charge >= 0.3 is 0 Å². The molecule has 36 heavy (non-hydrogen) atoms. The van der Waals surface area contributed by atoms with Gasteiger partial charge in [-0.05, 0) is 43.3 Å². The van der Waals surface area contributed by atoms with Gasteiger partial charge in [0.15, 0.2) is 0 Å². The second-order valence-corrected chi connectivity index (χ2v) is 8.50. The third-order valence-corrected chi connectivity index (χ3v) is 5.62. The smallest absolute Gasteiger partial charge is 0.248 e. The summed E-state index contributed by atoms with van der Waals surface area (Å²) < 4.78 is 11.5. The lowest BCUT2D eigenvalue weighted by Gasteiger charge is -2.15. The van der Waals surface area contributed by atoms with Crippen LogP contribution >= 0.6 is 27.5 Å². The van der Waals surface area contributed by atoms with E-state index in [4.69, 9.17) is 21.1 Å². The number of amides is 1. The molecule has 0 bridgehead atoms. The number of hydrogen-bond donors (Lipinski definition) is 2. The highest BCUT2D eigenvalue weighted by Crippen LogP contribution is 2.35. The van der Waals surface area contributed by atoms with Crippen LogP contribution in [0, 0.1) is 0 Å². The van der Waals surface area contributed by atoms with Crippen LogP contribution < -0.4 is 20.1 Å². The van der Waals surface area contributed by atoms with E-state index in [-0.39, 0.29) is 5.91 Å². The van der Waals surface area contributed by atoms with Gasteiger partial charge in [-0.2, -0.15) is 0 Å². The molecule has 10 heteroatoms. The number of hydrogen-bond acceptors (Lipinski definition) is 7. The first kappa shape index (κ1) is 25.4. The molecule has 0 unspecified atom stereocenters. The number of carbonyl (C=O) groups excluding carboxylic acids is 1. The zero-order valence-corrected chi connectivity index (χ0v) is 21.7. The van der Waals surface area contributed by atoms with Crippen LogP contribution in [-0.2, 0) is 11.4 Å². The fourth-order valence-electron chi connectivity index (χ4n) is 3.35. The Morgan fingerprint density at radius 3 is 2.72 bits per heavy atom. The lowest BCUT2D eigenvalue weighted by Crippen LogP contribution is -2.10. The number of aromatic nitrogens is 3. The largest absolute Gasteiger partial charge is 0.492 e. The molecule has 0 saturated heterocycles. The average Bonchev–Trinajstić information content (AvgIpc) is 2.88. The number of alkyl halides is 1. The van der Waals surface area contributed by atoms with Gasteiger partial charge in [-0.25, -0.2) is 9.97 Å². The summed E-state index contributed by atoms with van der Waals surface area (Å²) in [7, 11) is 0. The van der Waals surface area contributed by atoms with Crippen molar-refractivity contribution >= 4 is 61.5 Å². The summed E-state index contributed by atoms with van der Waals surface area (Å²) in [4.78, 5) is 25.3. The molecule has 184 valence electrons. The van der Waals surface area contributed by atoms with Crippen molar-refractivity contribution in [2.24, 2.45) is 0 Å². The molecule has 0 fully saturated rings. The van der Waals surface area contributed by atoms with E-state index in [1.807, 2.05) is 31.2 Å². The van der Waals surface area contributed by atoms with Gasteiger partial charge in [-0.3, -0.25) is 9.78 Å². The van der Waals surface area contributed by atoms with Crippen molar-refractivity contribution in [1.29, 1.82) is 0 Å². The molecule has 4 rings (SSSR count). The lowest BCUT2D eigenvalue weighted by molar-refractivity contribution is -0.111. The standard InChI is InChI=1S/C26H23BrClN5O3/c1-2-35-24-14-21-19(13-22(24)33-25(34)7-5-10-27)26(31-16-30-21)32-17-8-9-23(20(28)12-17)36-15-18-6-3-4-11-29-18/h3-9,11-14,16H,2,10,15H2,1H3,(H,33,34)(H,30,31,32). The van der Waals surface area contributed by atoms with Crippen LogP contribution in [0.1, 0.15) is 12.6 Å². The van der Waals surface area contributed by atoms with Crippen LogP contribution in [0.4, 0.5) is 17.2 Å². The van der Waals surface area contributed by atoms with E-state index in [0.717, 1.165) is 5.69 Å². The molecular formula is C26H23BrClN5O3. The highest BCUT2D eigenvalue weighted by Gasteiger charge is 2.13. The number of allylic oxidation sites excluding steroid dienone is 1. The number of halogens is 2. The fourth-order valence-corrected chi connectivity index (χ4v) is 3.77. The first-order valence-corrected chi connectivity index (χ1v) is 12.6. The van der Waals surface area contributed by atoms with Crippen molar-refractivity contribution in [3.05, 3.63) is 83.9 Å². The van der Waals surface area contributed by atoms with Crippen molar-refractivity contribution < 1.29 is 14.3 Å². The molecule has 0 radical (unpaired) electrons. The quantitative estimate of drug-likeness (QED) is 0.171. The summed E-state index contributed by atoms with van der Waals surface area (Å²) in [6, 6.07) is 14.6. The monoisotopic (exact) mass is 567 g/mol. The predicted octanol–water partition coefficient (Wildman–Crippen LogP) is 6.29. The SMILES string of the molecule is CCOc1cc2ncnc(Nc3ccc(OCc4ccccn4)c(Cl)c3)c2cc1NC(=O)C=CCBr. The van der Waals surface area contributed by atoms with Gasteiger partial charge in [0.2, 0.25) is 5.91 Å². The summed E-state index contributed by atoms with van der Waals surface area (Å²) in [5.74, 6) is 1.35. The van der Waals surface area contributed by atoms with Crippen LogP contribution in [0.25, 0.3) is 10.9 Å². The minimum Gasteiger partial charge on any atom is -0.492 e. The molecule has 1 amide bonds. The molecule has 0 aliphatic rings.